The van der Waals surface area contributed by atoms with E-state index in [2.05, 4.69) is 15.5 Å². The summed E-state index contributed by atoms with van der Waals surface area (Å²) < 4.78 is 10.2. The Kier molecular flexibility index (Phi) is 5.20. The van der Waals surface area contributed by atoms with Crippen LogP contribution < -0.4 is 5.32 Å². The van der Waals surface area contributed by atoms with E-state index in [0.717, 1.165) is 16.7 Å². The van der Waals surface area contributed by atoms with Gasteiger partial charge in [0.15, 0.2) is 0 Å². The summed E-state index contributed by atoms with van der Waals surface area (Å²) in [7, 11) is 1.36. The predicted octanol–water partition coefficient (Wildman–Crippen LogP) is 3.05. The molecule has 128 valence electrons. The minimum absolute atomic E-state index is 0.257. The van der Waals surface area contributed by atoms with E-state index >= 15 is 0 Å². The number of hydrogen-bond donors (Lipinski definition) is 1. The summed E-state index contributed by atoms with van der Waals surface area (Å²) in [6, 6.07) is 16.6. The molecule has 0 saturated carbocycles. The third-order valence-electron chi connectivity index (χ3n) is 3.77. The van der Waals surface area contributed by atoms with E-state index in [-0.39, 0.29) is 12.5 Å². The molecular formula is C19H19N3O3. The second-order valence-electron chi connectivity index (χ2n) is 5.63. The molecule has 1 heterocycles. The Balaban J connectivity index is 1.72. The molecule has 0 spiro atoms. The Morgan fingerprint density at radius 3 is 2.72 bits per heavy atom. The van der Waals surface area contributed by atoms with E-state index < -0.39 is 6.04 Å². The first kappa shape index (κ1) is 16.9. The van der Waals surface area contributed by atoms with Crippen molar-refractivity contribution in [2.45, 2.75) is 19.5 Å². The van der Waals surface area contributed by atoms with Crippen molar-refractivity contribution in [2.75, 3.05) is 7.11 Å². The first-order valence-electron chi connectivity index (χ1n) is 7.93. The summed E-state index contributed by atoms with van der Waals surface area (Å²) in [6.45, 7) is 2.26. The van der Waals surface area contributed by atoms with Gasteiger partial charge in [-0.25, -0.2) is 4.79 Å². The van der Waals surface area contributed by atoms with Gasteiger partial charge in [-0.2, -0.15) is 4.98 Å². The van der Waals surface area contributed by atoms with Gasteiger partial charge in [0, 0.05) is 5.56 Å². The number of ether oxygens (including phenoxy) is 1. The second-order valence-corrected chi connectivity index (χ2v) is 5.63. The Morgan fingerprint density at radius 1 is 1.20 bits per heavy atom. The molecular weight excluding hydrogens is 318 g/mol. The van der Waals surface area contributed by atoms with Crippen LogP contribution in [0, 0.1) is 6.92 Å². The molecule has 3 rings (SSSR count). The van der Waals surface area contributed by atoms with Gasteiger partial charge in [0.2, 0.25) is 11.7 Å². The molecule has 0 fully saturated rings. The number of nitrogens with zero attached hydrogens (tertiary/aromatic N) is 2. The van der Waals surface area contributed by atoms with Crippen molar-refractivity contribution in [1.82, 2.24) is 15.5 Å². The van der Waals surface area contributed by atoms with Gasteiger partial charge in [0.05, 0.1) is 13.7 Å². The normalized spacial score (nSPS) is 11.9. The molecule has 6 heteroatoms. The van der Waals surface area contributed by atoms with Crippen LogP contribution in [0.3, 0.4) is 0 Å². The van der Waals surface area contributed by atoms with E-state index in [9.17, 15) is 4.79 Å². The molecule has 2 aromatic carbocycles. The summed E-state index contributed by atoms with van der Waals surface area (Å²) in [6.07, 6.45) is 0. The predicted molar refractivity (Wildman–Crippen MR) is 92.5 cm³/mol. The number of benzene rings is 2. The van der Waals surface area contributed by atoms with Crippen molar-refractivity contribution in [2.24, 2.45) is 0 Å². The number of methoxy groups -OCH3 is 1. The molecule has 25 heavy (non-hydrogen) atoms. The van der Waals surface area contributed by atoms with Gasteiger partial charge in [-0.05, 0) is 18.6 Å². The molecule has 1 N–H and O–H groups in total. The maximum Gasteiger partial charge on any atom is 0.327 e. The van der Waals surface area contributed by atoms with E-state index in [4.69, 9.17) is 9.26 Å². The van der Waals surface area contributed by atoms with Crippen molar-refractivity contribution in [1.29, 1.82) is 0 Å². The molecule has 0 aliphatic carbocycles. The SMILES string of the molecule is COC(=O)C(NCc1nc(-c2cccc(C)c2)no1)c1ccccc1. The molecule has 0 aliphatic rings. The van der Waals surface area contributed by atoms with E-state index in [1.807, 2.05) is 61.5 Å². The van der Waals surface area contributed by atoms with Crippen LogP contribution in [0.2, 0.25) is 0 Å². The topological polar surface area (TPSA) is 77.2 Å². The Labute approximate surface area is 145 Å². The lowest BCUT2D eigenvalue weighted by molar-refractivity contribution is -0.143. The molecule has 1 unspecified atom stereocenters. The molecule has 0 radical (unpaired) electrons. The Bertz CT molecular complexity index is 846. The van der Waals surface area contributed by atoms with Gasteiger partial charge in [0.1, 0.15) is 6.04 Å². The molecule has 6 nitrogen and oxygen atoms in total. The van der Waals surface area contributed by atoms with Crippen molar-refractivity contribution < 1.29 is 14.1 Å². The third-order valence-corrected chi connectivity index (χ3v) is 3.77. The van der Waals surface area contributed by atoms with E-state index in [1.165, 1.54) is 7.11 Å². The van der Waals surface area contributed by atoms with Gasteiger partial charge in [0.25, 0.3) is 0 Å². The van der Waals surface area contributed by atoms with Gasteiger partial charge in [-0.3, -0.25) is 5.32 Å². The molecule has 0 aliphatic heterocycles. The maximum absolute atomic E-state index is 12.0. The molecule has 1 atom stereocenters. The summed E-state index contributed by atoms with van der Waals surface area (Å²) in [4.78, 5) is 16.4. The number of hydrogen-bond acceptors (Lipinski definition) is 6. The first-order valence-corrected chi connectivity index (χ1v) is 7.93. The quantitative estimate of drug-likeness (QED) is 0.697. The van der Waals surface area contributed by atoms with E-state index in [1.54, 1.807) is 0 Å². The van der Waals surface area contributed by atoms with Crippen LogP contribution in [0.5, 0.6) is 0 Å². The fraction of sp³-hybridized carbons (Fsp3) is 0.211. The minimum atomic E-state index is -0.597. The highest BCUT2D eigenvalue weighted by atomic mass is 16.5. The fourth-order valence-electron chi connectivity index (χ4n) is 2.52. The third kappa shape index (κ3) is 4.10. The average Bonchev–Trinajstić information content (AvgIpc) is 3.11. The molecule has 1 aromatic heterocycles. The zero-order chi connectivity index (χ0) is 17.6. The van der Waals surface area contributed by atoms with Crippen LogP contribution in [0.15, 0.2) is 59.1 Å². The average molecular weight is 337 g/mol. The van der Waals surface area contributed by atoms with Crippen LogP contribution in [0.1, 0.15) is 23.1 Å². The number of rotatable bonds is 6. The zero-order valence-electron chi connectivity index (χ0n) is 14.1. The smallest absolute Gasteiger partial charge is 0.327 e. The number of esters is 1. The number of aryl methyl sites for hydroxylation is 1. The van der Waals surface area contributed by atoms with Crippen LogP contribution in [-0.4, -0.2) is 23.2 Å². The molecule has 3 aromatic rings. The fourth-order valence-corrected chi connectivity index (χ4v) is 2.52. The Morgan fingerprint density at radius 2 is 2.00 bits per heavy atom. The van der Waals surface area contributed by atoms with Crippen molar-refractivity contribution >= 4 is 5.97 Å². The summed E-state index contributed by atoms with van der Waals surface area (Å²) in [5.74, 6) is 0.556. The molecule has 0 saturated heterocycles. The van der Waals surface area contributed by atoms with Crippen LogP contribution >= 0.6 is 0 Å². The second kappa shape index (κ2) is 7.72. The van der Waals surface area contributed by atoms with E-state index in [0.29, 0.717) is 11.7 Å². The lowest BCUT2D eigenvalue weighted by atomic mass is 10.1. The van der Waals surface area contributed by atoms with Crippen LogP contribution in [0.4, 0.5) is 0 Å². The highest BCUT2D eigenvalue weighted by Crippen LogP contribution is 2.18. The Hall–Kier alpha value is -2.99. The highest BCUT2D eigenvalue weighted by molar-refractivity contribution is 5.77. The summed E-state index contributed by atoms with van der Waals surface area (Å²) in [5, 5.41) is 7.11. The minimum Gasteiger partial charge on any atom is -0.468 e. The standard InChI is InChI=1S/C19H19N3O3/c1-13-7-6-10-15(11-13)18-21-16(25-22-18)12-20-17(19(23)24-2)14-8-4-3-5-9-14/h3-11,17,20H,12H2,1-2H3. The van der Waals surface area contributed by atoms with Crippen LogP contribution in [0.25, 0.3) is 11.4 Å². The monoisotopic (exact) mass is 337 g/mol. The number of carbonyl (C=O) groups excluding carboxylic acids is 1. The maximum atomic E-state index is 12.0. The number of aromatic nitrogens is 2. The van der Waals surface area contributed by atoms with Crippen LogP contribution in [-0.2, 0) is 16.1 Å². The zero-order valence-corrected chi connectivity index (χ0v) is 14.1. The first-order chi connectivity index (χ1) is 12.2. The van der Waals surface area contributed by atoms with Gasteiger partial charge in [-0.15, -0.1) is 0 Å². The van der Waals surface area contributed by atoms with Crippen molar-refractivity contribution in [3.05, 3.63) is 71.6 Å². The number of carbonyl (C=O) groups is 1. The molecule has 0 amide bonds. The van der Waals surface area contributed by atoms with Gasteiger partial charge < -0.3 is 9.26 Å². The summed E-state index contributed by atoms with van der Waals surface area (Å²) in [5.41, 5.74) is 2.83. The lowest BCUT2D eigenvalue weighted by Gasteiger charge is -2.15. The van der Waals surface area contributed by atoms with Gasteiger partial charge in [-0.1, -0.05) is 59.3 Å². The molecule has 0 bridgehead atoms. The van der Waals surface area contributed by atoms with Crippen molar-refractivity contribution in [3.8, 4) is 11.4 Å². The number of nitrogens with one attached hydrogen (secondary N) is 1. The van der Waals surface area contributed by atoms with Gasteiger partial charge >= 0.3 is 5.97 Å². The van der Waals surface area contributed by atoms with Crippen molar-refractivity contribution in [3.63, 3.8) is 0 Å². The lowest BCUT2D eigenvalue weighted by Crippen LogP contribution is -2.29. The summed E-state index contributed by atoms with van der Waals surface area (Å²) >= 11 is 0. The highest BCUT2D eigenvalue weighted by Gasteiger charge is 2.21. The largest absolute Gasteiger partial charge is 0.468 e.